The average Bonchev–Trinajstić information content (AvgIpc) is 2.95. The van der Waals surface area contributed by atoms with Crippen molar-refractivity contribution < 1.29 is 13.5 Å². The largest absolute Gasteiger partial charge is 0.381 e. The average molecular weight is 348 g/mol. The molecular formula is C18H22F2N4O. The minimum absolute atomic E-state index is 0.148. The van der Waals surface area contributed by atoms with E-state index in [0.29, 0.717) is 35.9 Å². The second kappa shape index (κ2) is 6.52. The fourth-order valence-electron chi connectivity index (χ4n) is 3.73. The van der Waals surface area contributed by atoms with E-state index in [-0.39, 0.29) is 24.7 Å². The fraction of sp³-hybridized carbons (Fsp3) is 0.667. The van der Waals surface area contributed by atoms with Gasteiger partial charge in [0, 0.05) is 25.0 Å². The monoisotopic (exact) mass is 348 g/mol. The highest BCUT2D eigenvalue weighted by Crippen LogP contribution is 2.40. The topological polar surface area (TPSA) is 60.8 Å². The second-order valence-corrected chi connectivity index (χ2v) is 7.12. The van der Waals surface area contributed by atoms with Crippen molar-refractivity contribution in [2.24, 2.45) is 0 Å². The van der Waals surface area contributed by atoms with E-state index in [4.69, 9.17) is 9.72 Å². The summed E-state index contributed by atoms with van der Waals surface area (Å²) in [7, 11) is 0. The first kappa shape index (κ1) is 16.7. The van der Waals surface area contributed by atoms with Crippen LogP contribution in [0.4, 0.5) is 8.78 Å². The van der Waals surface area contributed by atoms with Gasteiger partial charge in [-0.15, -0.1) is 0 Å². The van der Waals surface area contributed by atoms with Crippen molar-refractivity contribution in [2.45, 2.75) is 63.7 Å². The molecule has 25 heavy (non-hydrogen) atoms. The van der Waals surface area contributed by atoms with Crippen molar-refractivity contribution in [1.82, 2.24) is 19.9 Å². The molecule has 0 spiro atoms. The SMILES string of the molecule is Cc1nc2nc(C3CCOCC3)nc(C3CC(F)C(F)C3)c2nc1C. The summed E-state index contributed by atoms with van der Waals surface area (Å²) in [6.07, 6.45) is -0.858. The Morgan fingerprint density at radius 2 is 1.48 bits per heavy atom. The van der Waals surface area contributed by atoms with Crippen LogP contribution in [0.25, 0.3) is 11.2 Å². The van der Waals surface area contributed by atoms with Crippen molar-refractivity contribution >= 4 is 11.2 Å². The van der Waals surface area contributed by atoms with Crippen molar-refractivity contribution in [3.05, 3.63) is 22.9 Å². The van der Waals surface area contributed by atoms with Crippen molar-refractivity contribution in [3.8, 4) is 0 Å². The molecule has 2 aromatic heterocycles. The number of aryl methyl sites for hydroxylation is 2. The molecule has 7 heteroatoms. The summed E-state index contributed by atoms with van der Waals surface area (Å²) in [5.74, 6) is 0.635. The Balaban J connectivity index is 1.84. The Bertz CT molecular complexity index is 784. The number of hydrogen-bond acceptors (Lipinski definition) is 5. The van der Waals surface area contributed by atoms with Crippen LogP contribution < -0.4 is 0 Å². The van der Waals surface area contributed by atoms with E-state index in [9.17, 15) is 8.78 Å². The molecule has 0 bridgehead atoms. The molecule has 2 unspecified atom stereocenters. The minimum atomic E-state index is -1.43. The number of fused-ring (bicyclic) bond motifs is 1. The maximum absolute atomic E-state index is 13.8. The molecule has 2 atom stereocenters. The van der Waals surface area contributed by atoms with Crippen LogP contribution in [0.5, 0.6) is 0 Å². The number of nitrogens with zero attached hydrogens (tertiary/aromatic N) is 4. The molecule has 1 aliphatic carbocycles. The van der Waals surface area contributed by atoms with Crippen LogP contribution in [0.2, 0.25) is 0 Å². The van der Waals surface area contributed by atoms with Gasteiger partial charge < -0.3 is 4.74 Å². The number of rotatable bonds is 2. The van der Waals surface area contributed by atoms with Gasteiger partial charge in [-0.05, 0) is 39.5 Å². The van der Waals surface area contributed by atoms with Gasteiger partial charge in [0.15, 0.2) is 5.65 Å². The van der Waals surface area contributed by atoms with Crippen LogP contribution in [-0.2, 0) is 4.74 Å². The summed E-state index contributed by atoms with van der Waals surface area (Å²) in [4.78, 5) is 18.6. The molecule has 2 aliphatic rings. The van der Waals surface area contributed by atoms with Crippen LogP contribution in [0, 0.1) is 13.8 Å². The van der Waals surface area contributed by atoms with Gasteiger partial charge in [0.2, 0.25) is 0 Å². The number of halogens is 2. The quantitative estimate of drug-likeness (QED) is 0.831. The summed E-state index contributed by atoms with van der Waals surface area (Å²) in [6, 6.07) is 0. The Kier molecular flexibility index (Phi) is 4.35. The van der Waals surface area contributed by atoms with Crippen LogP contribution in [0.3, 0.4) is 0 Å². The minimum Gasteiger partial charge on any atom is -0.381 e. The summed E-state index contributed by atoms with van der Waals surface area (Å²) in [6.45, 7) is 5.13. The van der Waals surface area contributed by atoms with Gasteiger partial charge in [0.25, 0.3) is 0 Å². The molecule has 0 aromatic carbocycles. The lowest BCUT2D eigenvalue weighted by atomic mass is 9.97. The van der Waals surface area contributed by atoms with Crippen LogP contribution in [0.1, 0.15) is 60.4 Å². The number of ether oxygens (including phenoxy) is 1. The Morgan fingerprint density at radius 3 is 2.16 bits per heavy atom. The summed E-state index contributed by atoms with van der Waals surface area (Å²) in [5, 5.41) is 0. The van der Waals surface area contributed by atoms with E-state index in [1.54, 1.807) is 0 Å². The third-order valence-corrected chi connectivity index (χ3v) is 5.37. The maximum atomic E-state index is 13.8. The molecule has 134 valence electrons. The van der Waals surface area contributed by atoms with E-state index in [0.717, 1.165) is 24.2 Å². The zero-order chi connectivity index (χ0) is 17.6. The fourth-order valence-corrected chi connectivity index (χ4v) is 3.73. The molecule has 5 nitrogen and oxygen atoms in total. The zero-order valence-corrected chi connectivity index (χ0v) is 14.5. The van der Waals surface area contributed by atoms with Crippen LogP contribution in [-0.4, -0.2) is 45.5 Å². The lowest BCUT2D eigenvalue weighted by Gasteiger charge is -2.22. The van der Waals surface area contributed by atoms with E-state index >= 15 is 0 Å². The highest BCUT2D eigenvalue weighted by Gasteiger charge is 2.38. The Morgan fingerprint density at radius 1 is 0.840 bits per heavy atom. The van der Waals surface area contributed by atoms with Gasteiger partial charge in [-0.1, -0.05) is 0 Å². The molecule has 2 fully saturated rings. The first-order valence-electron chi connectivity index (χ1n) is 8.91. The third kappa shape index (κ3) is 3.10. The first-order valence-corrected chi connectivity index (χ1v) is 8.91. The van der Waals surface area contributed by atoms with E-state index in [2.05, 4.69) is 15.0 Å². The van der Waals surface area contributed by atoms with Crippen molar-refractivity contribution in [1.29, 1.82) is 0 Å². The predicted molar refractivity (Wildman–Crippen MR) is 89.2 cm³/mol. The van der Waals surface area contributed by atoms with Crippen molar-refractivity contribution in [3.63, 3.8) is 0 Å². The van der Waals surface area contributed by atoms with Gasteiger partial charge in [-0.25, -0.2) is 28.7 Å². The molecule has 2 aromatic rings. The summed E-state index contributed by atoms with van der Waals surface area (Å²) < 4.78 is 33.0. The molecule has 4 rings (SSSR count). The molecule has 1 saturated carbocycles. The van der Waals surface area contributed by atoms with Gasteiger partial charge in [-0.3, -0.25) is 0 Å². The molecule has 0 N–H and O–H groups in total. The number of alkyl halides is 2. The van der Waals surface area contributed by atoms with Gasteiger partial charge in [0.1, 0.15) is 23.7 Å². The smallest absolute Gasteiger partial charge is 0.182 e. The van der Waals surface area contributed by atoms with Crippen LogP contribution >= 0.6 is 0 Å². The molecule has 1 aliphatic heterocycles. The Hall–Kier alpha value is -1.76. The third-order valence-electron chi connectivity index (χ3n) is 5.37. The van der Waals surface area contributed by atoms with Crippen molar-refractivity contribution in [2.75, 3.05) is 13.2 Å². The zero-order valence-electron chi connectivity index (χ0n) is 14.5. The number of hydrogen-bond donors (Lipinski definition) is 0. The van der Waals surface area contributed by atoms with Gasteiger partial charge in [-0.2, -0.15) is 0 Å². The van der Waals surface area contributed by atoms with Gasteiger partial charge >= 0.3 is 0 Å². The molecule has 0 amide bonds. The Labute approximate surface area is 145 Å². The van der Waals surface area contributed by atoms with E-state index in [1.165, 1.54) is 0 Å². The van der Waals surface area contributed by atoms with Gasteiger partial charge in [0.05, 0.1) is 17.1 Å². The second-order valence-electron chi connectivity index (χ2n) is 7.12. The normalized spacial score (nSPS) is 27.9. The van der Waals surface area contributed by atoms with Crippen LogP contribution in [0.15, 0.2) is 0 Å². The van der Waals surface area contributed by atoms with E-state index in [1.807, 2.05) is 13.8 Å². The molecule has 1 saturated heterocycles. The molecule has 0 radical (unpaired) electrons. The summed E-state index contributed by atoms with van der Waals surface area (Å²) >= 11 is 0. The lowest BCUT2D eigenvalue weighted by Crippen LogP contribution is -2.18. The van der Waals surface area contributed by atoms with E-state index < -0.39 is 12.3 Å². The predicted octanol–water partition coefficient (Wildman–Crippen LogP) is 3.48. The summed E-state index contributed by atoms with van der Waals surface area (Å²) in [5.41, 5.74) is 3.39. The maximum Gasteiger partial charge on any atom is 0.182 e. The highest BCUT2D eigenvalue weighted by molar-refractivity contribution is 5.73. The number of aromatic nitrogens is 4. The highest BCUT2D eigenvalue weighted by atomic mass is 19.2. The molecule has 3 heterocycles. The first-order chi connectivity index (χ1) is 12.0. The lowest BCUT2D eigenvalue weighted by molar-refractivity contribution is 0.0836. The molecular weight excluding hydrogens is 326 g/mol. The standard InChI is InChI=1S/C18H22F2N4O/c1-9-10(2)22-18-16(21-9)15(12-7-13(19)14(20)8-12)23-17(24-18)11-3-5-25-6-4-11/h11-14H,3-8H2,1-2H3.